The molecule has 1 atom stereocenters. The van der Waals surface area contributed by atoms with Gasteiger partial charge in [-0.15, -0.1) is 0 Å². The monoisotopic (exact) mass is 217 g/mol. The van der Waals surface area contributed by atoms with Crippen molar-refractivity contribution >= 4 is 5.91 Å². The third-order valence-corrected chi connectivity index (χ3v) is 2.56. The molecular formula is C11H11N3O2. The summed E-state index contributed by atoms with van der Waals surface area (Å²) in [5.41, 5.74) is 0.742. The number of aromatic nitrogens is 1. The second-order valence-electron chi connectivity index (χ2n) is 3.74. The van der Waals surface area contributed by atoms with Gasteiger partial charge in [-0.2, -0.15) is 5.26 Å². The van der Waals surface area contributed by atoms with Gasteiger partial charge in [0.05, 0.1) is 11.7 Å². The first-order valence-corrected chi connectivity index (χ1v) is 5.04. The molecule has 5 heteroatoms. The Balaban J connectivity index is 2.12. The van der Waals surface area contributed by atoms with Gasteiger partial charge in [-0.25, -0.2) is 4.98 Å². The maximum Gasteiger partial charge on any atom is 0.272 e. The molecule has 2 heterocycles. The number of amides is 1. The summed E-state index contributed by atoms with van der Waals surface area (Å²) in [4.78, 5) is 17.4. The summed E-state index contributed by atoms with van der Waals surface area (Å²) < 4.78 is 0. The van der Waals surface area contributed by atoms with Crippen molar-refractivity contribution < 1.29 is 9.90 Å². The van der Waals surface area contributed by atoms with Crippen LogP contribution in [0, 0.1) is 11.3 Å². The largest absolute Gasteiger partial charge is 0.391 e. The number of β-amino-alcohol motifs (C(OH)–C–C–N with tert-alkyl or cyclic N) is 1. The lowest BCUT2D eigenvalue weighted by atomic mass is 10.2. The Bertz CT molecular complexity index is 436. The number of pyridine rings is 1. The van der Waals surface area contributed by atoms with Crippen LogP contribution in [0.25, 0.3) is 0 Å². The molecule has 1 N–H and O–H groups in total. The van der Waals surface area contributed by atoms with Crippen molar-refractivity contribution in [3.05, 3.63) is 29.6 Å². The number of nitrogens with zero attached hydrogens (tertiary/aromatic N) is 3. The molecule has 2 rings (SSSR count). The van der Waals surface area contributed by atoms with E-state index in [1.807, 2.05) is 6.07 Å². The molecule has 5 nitrogen and oxygen atoms in total. The van der Waals surface area contributed by atoms with E-state index in [2.05, 4.69) is 4.98 Å². The number of aliphatic hydroxyl groups is 1. The fourth-order valence-electron chi connectivity index (χ4n) is 1.67. The molecule has 1 fully saturated rings. The van der Waals surface area contributed by atoms with Crippen LogP contribution in [0.4, 0.5) is 0 Å². The molecule has 1 aromatic heterocycles. The number of carbonyl (C=O) groups excluding carboxylic acids is 1. The van der Waals surface area contributed by atoms with E-state index in [1.54, 1.807) is 11.0 Å². The van der Waals surface area contributed by atoms with Crippen LogP contribution >= 0.6 is 0 Å². The molecule has 1 unspecified atom stereocenters. The zero-order chi connectivity index (χ0) is 11.5. The van der Waals surface area contributed by atoms with E-state index in [0.717, 1.165) is 0 Å². The van der Waals surface area contributed by atoms with Gasteiger partial charge in [-0.1, -0.05) is 0 Å². The lowest BCUT2D eigenvalue weighted by Crippen LogP contribution is -2.30. The smallest absolute Gasteiger partial charge is 0.272 e. The van der Waals surface area contributed by atoms with Gasteiger partial charge in [-0.3, -0.25) is 4.79 Å². The van der Waals surface area contributed by atoms with Crippen molar-refractivity contribution in [1.29, 1.82) is 5.26 Å². The zero-order valence-electron chi connectivity index (χ0n) is 8.63. The summed E-state index contributed by atoms with van der Waals surface area (Å²) in [5, 5.41) is 17.9. The molecule has 0 radical (unpaired) electrons. The first kappa shape index (κ1) is 10.6. The standard InChI is InChI=1S/C11H11N3O2/c12-5-8-1-2-10(13-6-8)11(16)14-4-3-9(15)7-14/h1-2,6,9,15H,3-4,7H2. The van der Waals surface area contributed by atoms with Crippen LogP contribution < -0.4 is 0 Å². The van der Waals surface area contributed by atoms with E-state index in [9.17, 15) is 9.90 Å². The number of hydrogen-bond acceptors (Lipinski definition) is 4. The van der Waals surface area contributed by atoms with Crippen LogP contribution in [0.5, 0.6) is 0 Å². The van der Waals surface area contributed by atoms with Crippen LogP contribution in [0.1, 0.15) is 22.5 Å². The summed E-state index contributed by atoms with van der Waals surface area (Å²) in [6.45, 7) is 0.919. The van der Waals surface area contributed by atoms with Gasteiger partial charge in [0.2, 0.25) is 0 Å². The summed E-state index contributed by atoms with van der Waals surface area (Å²) in [6, 6.07) is 5.04. The summed E-state index contributed by atoms with van der Waals surface area (Å²) in [5.74, 6) is -0.193. The van der Waals surface area contributed by atoms with Gasteiger partial charge in [0.1, 0.15) is 11.8 Å². The molecule has 1 amide bonds. The van der Waals surface area contributed by atoms with Crippen molar-refractivity contribution in [2.75, 3.05) is 13.1 Å². The molecule has 0 aliphatic carbocycles. The second kappa shape index (κ2) is 4.29. The molecular weight excluding hydrogens is 206 g/mol. The lowest BCUT2D eigenvalue weighted by molar-refractivity contribution is 0.0759. The Morgan fingerprint density at radius 1 is 1.62 bits per heavy atom. The minimum absolute atomic E-state index is 0.193. The number of likely N-dealkylation sites (tertiary alicyclic amines) is 1. The number of hydrogen-bond donors (Lipinski definition) is 1. The van der Waals surface area contributed by atoms with Crippen LogP contribution in [0.15, 0.2) is 18.3 Å². The van der Waals surface area contributed by atoms with Gasteiger partial charge in [-0.05, 0) is 18.6 Å². The molecule has 0 saturated carbocycles. The predicted molar refractivity (Wildman–Crippen MR) is 55.5 cm³/mol. The summed E-state index contributed by atoms with van der Waals surface area (Å²) >= 11 is 0. The topological polar surface area (TPSA) is 77.2 Å². The highest BCUT2D eigenvalue weighted by Crippen LogP contribution is 2.12. The van der Waals surface area contributed by atoms with Crippen molar-refractivity contribution in [2.45, 2.75) is 12.5 Å². The first-order valence-electron chi connectivity index (χ1n) is 5.04. The summed E-state index contributed by atoms with van der Waals surface area (Å²) in [6.07, 6.45) is 1.56. The Labute approximate surface area is 92.9 Å². The minimum Gasteiger partial charge on any atom is -0.391 e. The molecule has 0 spiro atoms. The third-order valence-electron chi connectivity index (χ3n) is 2.56. The van der Waals surface area contributed by atoms with Crippen molar-refractivity contribution in [1.82, 2.24) is 9.88 Å². The highest BCUT2D eigenvalue weighted by atomic mass is 16.3. The van der Waals surface area contributed by atoms with Crippen molar-refractivity contribution in [3.63, 3.8) is 0 Å². The average Bonchev–Trinajstić information content (AvgIpc) is 2.75. The maximum atomic E-state index is 11.9. The minimum atomic E-state index is -0.428. The van der Waals surface area contributed by atoms with Crippen LogP contribution in [0.2, 0.25) is 0 Å². The highest BCUT2D eigenvalue weighted by Gasteiger charge is 2.25. The van der Waals surface area contributed by atoms with Crippen LogP contribution in [0.3, 0.4) is 0 Å². The van der Waals surface area contributed by atoms with Gasteiger partial charge >= 0.3 is 0 Å². The molecule has 0 aromatic carbocycles. The second-order valence-corrected chi connectivity index (χ2v) is 3.74. The van der Waals surface area contributed by atoms with E-state index < -0.39 is 6.10 Å². The Kier molecular flexibility index (Phi) is 2.84. The molecule has 82 valence electrons. The van der Waals surface area contributed by atoms with E-state index in [1.165, 1.54) is 12.3 Å². The highest BCUT2D eigenvalue weighted by molar-refractivity contribution is 5.92. The Hall–Kier alpha value is -1.93. The maximum absolute atomic E-state index is 11.9. The fourth-order valence-corrected chi connectivity index (χ4v) is 1.67. The normalized spacial score (nSPS) is 19.5. The van der Waals surface area contributed by atoms with Gasteiger partial charge in [0.25, 0.3) is 5.91 Å². The SMILES string of the molecule is N#Cc1ccc(C(=O)N2CCC(O)C2)nc1. The number of rotatable bonds is 1. The van der Waals surface area contributed by atoms with E-state index in [0.29, 0.717) is 30.8 Å². The zero-order valence-corrected chi connectivity index (χ0v) is 8.63. The average molecular weight is 217 g/mol. The number of aliphatic hydroxyl groups excluding tert-OH is 1. The molecule has 1 aliphatic rings. The predicted octanol–water partition coefficient (Wildman–Crippen LogP) is 0.160. The summed E-state index contributed by atoms with van der Waals surface area (Å²) in [7, 11) is 0. The Morgan fingerprint density at radius 2 is 2.44 bits per heavy atom. The van der Waals surface area contributed by atoms with Crippen LogP contribution in [-0.2, 0) is 0 Å². The molecule has 16 heavy (non-hydrogen) atoms. The molecule has 1 saturated heterocycles. The molecule has 1 aliphatic heterocycles. The number of carbonyl (C=O) groups is 1. The van der Waals surface area contributed by atoms with E-state index in [4.69, 9.17) is 5.26 Å². The van der Waals surface area contributed by atoms with Crippen LogP contribution in [-0.4, -0.2) is 40.1 Å². The van der Waals surface area contributed by atoms with Gasteiger partial charge < -0.3 is 10.0 Å². The van der Waals surface area contributed by atoms with E-state index >= 15 is 0 Å². The van der Waals surface area contributed by atoms with Crippen molar-refractivity contribution in [3.8, 4) is 6.07 Å². The van der Waals surface area contributed by atoms with Crippen molar-refractivity contribution in [2.24, 2.45) is 0 Å². The van der Waals surface area contributed by atoms with Gasteiger partial charge in [0.15, 0.2) is 0 Å². The molecule has 0 bridgehead atoms. The quantitative estimate of drug-likeness (QED) is 0.726. The van der Waals surface area contributed by atoms with Gasteiger partial charge in [0, 0.05) is 19.3 Å². The van der Waals surface area contributed by atoms with E-state index in [-0.39, 0.29) is 5.91 Å². The first-order chi connectivity index (χ1) is 7.70. The lowest BCUT2D eigenvalue weighted by Gasteiger charge is -2.14. The number of nitriles is 1. The third kappa shape index (κ3) is 2.02. The Morgan fingerprint density at radius 3 is 2.94 bits per heavy atom. The fraction of sp³-hybridized carbons (Fsp3) is 0.364. The molecule has 1 aromatic rings.